The van der Waals surface area contributed by atoms with E-state index in [1.165, 1.54) is 0 Å². The van der Waals surface area contributed by atoms with Crippen molar-refractivity contribution in [3.63, 3.8) is 0 Å². The lowest BCUT2D eigenvalue weighted by molar-refractivity contribution is 0.171. The van der Waals surface area contributed by atoms with Crippen LogP contribution in [-0.2, 0) is 0 Å². The predicted molar refractivity (Wildman–Crippen MR) is 79.8 cm³/mol. The van der Waals surface area contributed by atoms with E-state index in [4.69, 9.17) is 9.84 Å². The Balaban J connectivity index is 1.67. The molecule has 1 aromatic carbocycles. The van der Waals surface area contributed by atoms with Gasteiger partial charge < -0.3 is 20.1 Å². The van der Waals surface area contributed by atoms with Gasteiger partial charge in [-0.2, -0.15) is 0 Å². The van der Waals surface area contributed by atoms with Crippen molar-refractivity contribution in [1.82, 2.24) is 10.2 Å². The second-order valence-corrected chi connectivity index (χ2v) is 5.60. The van der Waals surface area contributed by atoms with Crippen LogP contribution >= 0.6 is 15.9 Å². The first-order valence-corrected chi connectivity index (χ1v) is 7.53. The summed E-state index contributed by atoms with van der Waals surface area (Å²) in [5, 5.41) is 11.8. The number of nitrogens with one attached hydrogen (secondary N) is 1. The van der Waals surface area contributed by atoms with Crippen LogP contribution < -0.4 is 10.1 Å². The normalized spacial score (nSPS) is 13.9. The fraction of sp³-hybridized carbons (Fsp3) is 0.500. The number of carbonyl (C=O) groups is 1. The minimum Gasteiger partial charge on any atom is -0.492 e. The molecule has 0 atom stereocenters. The number of aliphatic hydroxyl groups excluding tert-OH is 1. The molecular weight excluding hydrogens is 324 g/mol. The number of hydrogen-bond donors (Lipinski definition) is 2. The minimum absolute atomic E-state index is 0.000681. The average molecular weight is 343 g/mol. The first-order chi connectivity index (χ1) is 9.70. The van der Waals surface area contributed by atoms with E-state index < -0.39 is 0 Å². The van der Waals surface area contributed by atoms with Crippen LogP contribution in [0.5, 0.6) is 5.75 Å². The molecule has 2 N–H and O–H groups in total. The number of aliphatic hydroxyl groups is 1. The molecule has 20 heavy (non-hydrogen) atoms. The molecule has 1 aliphatic carbocycles. The van der Waals surface area contributed by atoms with Gasteiger partial charge in [-0.25, -0.2) is 4.79 Å². The van der Waals surface area contributed by atoms with Crippen LogP contribution in [0.3, 0.4) is 0 Å². The van der Waals surface area contributed by atoms with E-state index in [0.29, 0.717) is 25.7 Å². The Hall–Kier alpha value is -1.27. The first kappa shape index (κ1) is 15.1. The average Bonchev–Trinajstić information content (AvgIpc) is 3.27. The van der Waals surface area contributed by atoms with Crippen molar-refractivity contribution < 1.29 is 14.6 Å². The largest absolute Gasteiger partial charge is 0.492 e. The summed E-state index contributed by atoms with van der Waals surface area (Å²) in [5.41, 5.74) is 0. The van der Waals surface area contributed by atoms with Crippen molar-refractivity contribution in [1.29, 1.82) is 0 Å². The van der Waals surface area contributed by atoms with E-state index in [9.17, 15) is 4.79 Å². The quantitative estimate of drug-likeness (QED) is 0.745. The number of carbonyl (C=O) groups excluding carboxylic acids is 1. The van der Waals surface area contributed by atoms with E-state index in [1.54, 1.807) is 4.90 Å². The third kappa shape index (κ3) is 4.68. The Morgan fingerprint density at radius 2 is 2.10 bits per heavy atom. The van der Waals surface area contributed by atoms with E-state index in [0.717, 1.165) is 23.1 Å². The highest BCUT2D eigenvalue weighted by molar-refractivity contribution is 9.10. The summed E-state index contributed by atoms with van der Waals surface area (Å²) in [6.07, 6.45) is 2.06. The summed E-state index contributed by atoms with van der Waals surface area (Å²) in [6.45, 7) is 1.26. The number of benzene rings is 1. The topological polar surface area (TPSA) is 61.8 Å². The van der Waals surface area contributed by atoms with Crippen molar-refractivity contribution in [2.24, 2.45) is 0 Å². The van der Waals surface area contributed by atoms with E-state index >= 15 is 0 Å². The Kier molecular flexibility index (Phi) is 5.67. The lowest BCUT2D eigenvalue weighted by Gasteiger charge is -2.21. The fourth-order valence-corrected chi connectivity index (χ4v) is 2.17. The number of ether oxygens (including phenoxy) is 1. The molecule has 1 aliphatic rings. The van der Waals surface area contributed by atoms with Gasteiger partial charge in [-0.05, 0) is 37.1 Å². The molecule has 0 aliphatic heterocycles. The van der Waals surface area contributed by atoms with Gasteiger partial charge in [-0.3, -0.25) is 0 Å². The molecule has 2 amide bonds. The van der Waals surface area contributed by atoms with Gasteiger partial charge in [0.1, 0.15) is 12.4 Å². The van der Waals surface area contributed by atoms with Gasteiger partial charge in [-0.15, -0.1) is 0 Å². The molecule has 6 heteroatoms. The molecule has 0 saturated heterocycles. The summed E-state index contributed by atoms with van der Waals surface area (Å²) in [6, 6.07) is 7.73. The highest BCUT2D eigenvalue weighted by atomic mass is 79.9. The molecule has 110 valence electrons. The fourth-order valence-electron chi connectivity index (χ4n) is 1.90. The molecule has 1 aromatic rings. The number of hydrogen-bond acceptors (Lipinski definition) is 3. The van der Waals surface area contributed by atoms with Gasteiger partial charge in [0.2, 0.25) is 0 Å². The number of halogens is 1. The maximum Gasteiger partial charge on any atom is 0.317 e. The smallest absolute Gasteiger partial charge is 0.317 e. The standard InChI is InChI=1S/C14H19BrN2O3/c15-11-1-5-13(6-2-11)20-10-7-16-14(19)17(8-9-18)12-3-4-12/h1-2,5-6,12,18H,3-4,7-10H2,(H,16,19). The molecule has 0 unspecified atom stereocenters. The second kappa shape index (κ2) is 7.50. The Bertz CT molecular complexity index is 435. The summed E-state index contributed by atoms with van der Waals surface area (Å²) >= 11 is 3.36. The molecule has 1 saturated carbocycles. The van der Waals surface area contributed by atoms with Crippen LogP contribution in [-0.4, -0.2) is 48.4 Å². The minimum atomic E-state index is -0.124. The van der Waals surface area contributed by atoms with Gasteiger partial charge in [0.05, 0.1) is 13.2 Å². The first-order valence-electron chi connectivity index (χ1n) is 6.74. The van der Waals surface area contributed by atoms with Gasteiger partial charge in [0.15, 0.2) is 0 Å². The molecule has 2 rings (SSSR count). The Morgan fingerprint density at radius 1 is 1.40 bits per heavy atom. The Labute approximate surface area is 127 Å². The van der Waals surface area contributed by atoms with Crippen molar-refractivity contribution >= 4 is 22.0 Å². The van der Waals surface area contributed by atoms with E-state index in [2.05, 4.69) is 21.2 Å². The summed E-state index contributed by atoms with van der Waals surface area (Å²) in [7, 11) is 0. The third-order valence-corrected chi connectivity index (χ3v) is 3.58. The zero-order valence-corrected chi connectivity index (χ0v) is 12.8. The van der Waals surface area contributed by atoms with Crippen LogP contribution in [0.15, 0.2) is 28.7 Å². The molecule has 0 bridgehead atoms. The van der Waals surface area contributed by atoms with Crippen LogP contribution in [0.4, 0.5) is 4.79 Å². The monoisotopic (exact) mass is 342 g/mol. The summed E-state index contributed by atoms with van der Waals surface area (Å²) in [4.78, 5) is 13.6. The zero-order chi connectivity index (χ0) is 14.4. The summed E-state index contributed by atoms with van der Waals surface area (Å²) < 4.78 is 6.53. The van der Waals surface area contributed by atoms with Crippen molar-refractivity contribution in [3.8, 4) is 5.75 Å². The van der Waals surface area contributed by atoms with E-state index in [-0.39, 0.29) is 12.6 Å². The van der Waals surface area contributed by atoms with E-state index in [1.807, 2.05) is 24.3 Å². The highest BCUT2D eigenvalue weighted by Gasteiger charge is 2.31. The molecule has 0 radical (unpaired) electrons. The van der Waals surface area contributed by atoms with Gasteiger partial charge in [0, 0.05) is 17.1 Å². The van der Waals surface area contributed by atoms with Crippen molar-refractivity contribution in [2.75, 3.05) is 26.3 Å². The van der Waals surface area contributed by atoms with Gasteiger partial charge in [-0.1, -0.05) is 15.9 Å². The second-order valence-electron chi connectivity index (χ2n) is 4.68. The third-order valence-electron chi connectivity index (χ3n) is 3.05. The van der Waals surface area contributed by atoms with Crippen LogP contribution in [0, 0.1) is 0 Å². The number of urea groups is 1. The maximum absolute atomic E-state index is 11.9. The number of nitrogens with zero attached hydrogens (tertiary/aromatic N) is 1. The van der Waals surface area contributed by atoms with Gasteiger partial charge >= 0.3 is 6.03 Å². The molecule has 5 nitrogen and oxygen atoms in total. The summed E-state index contributed by atoms with van der Waals surface area (Å²) in [5.74, 6) is 0.775. The highest BCUT2D eigenvalue weighted by Crippen LogP contribution is 2.26. The molecule has 1 fully saturated rings. The van der Waals surface area contributed by atoms with Crippen molar-refractivity contribution in [3.05, 3.63) is 28.7 Å². The van der Waals surface area contributed by atoms with Crippen LogP contribution in [0.1, 0.15) is 12.8 Å². The molecule has 0 spiro atoms. The lowest BCUT2D eigenvalue weighted by atomic mass is 10.3. The maximum atomic E-state index is 11.9. The van der Waals surface area contributed by atoms with Crippen LogP contribution in [0.2, 0.25) is 0 Å². The SMILES string of the molecule is O=C(NCCOc1ccc(Br)cc1)N(CCO)C1CC1. The van der Waals surface area contributed by atoms with Crippen molar-refractivity contribution in [2.45, 2.75) is 18.9 Å². The van der Waals surface area contributed by atoms with Gasteiger partial charge in [0.25, 0.3) is 0 Å². The number of amides is 2. The number of rotatable bonds is 7. The van der Waals surface area contributed by atoms with Crippen LogP contribution in [0.25, 0.3) is 0 Å². The molecule has 0 heterocycles. The Morgan fingerprint density at radius 3 is 2.70 bits per heavy atom. The lowest BCUT2D eigenvalue weighted by Crippen LogP contribution is -2.44. The molecular formula is C14H19BrN2O3. The predicted octanol–water partition coefficient (Wildman–Crippen LogP) is 1.99. The molecule has 0 aromatic heterocycles. The zero-order valence-electron chi connectivity index (χ0n) is 11.2.